The maximum Gasteiger partial charge on any atom is 0.180 e. The van der Waals surface area contributed by atoms with Crippen LogP contribution in [0.4, 0.5) is 0 Å². The van der Waals surface area contributed by atoms with Gasteiger partial charge in [0.05, 0.1) is 23.3 Å². The summed E-state index contributed by atoms with van der Waals surface area (Å²) in [6.07, 6.45) is 10.1. The van der Waals surface area contributed by atoms with Gasteiger partial charge in [-0.25, -0.2) is 9.97 Å². The number of fused-ring (bicyclic) bond motifs is 3. The molecule has 0 N–H and O–H groups in total. The van der Waals surface area contributed by atoms with Gasteiger partial charge in [0.25, 0.3) is 0 Å². The molecule has 43 heavy (non-hydrogen) atoms. The van der Waals surface area contributed by atoms with Gasteiger partial charge in [0.2, 0.25) is 0 Å². The molecule has 4 aromatic heterocycles. The van der Waals surface area contributed by atoms with E-state index in [1.54, 1.807) is 29.5 Å². The van der Waals surface area contributed by atoms with Gasteiger partial charge in [-0.05, 0) is 62.2 Å². The number of pyridine rings is 1. The van der Waals surface area contributed by atoms with Crippen LogP contribution in [0.5, 0.6) is 0 Å². The lowest BCUT2D eigenvalue weighted by Crippen LogP contribution is -1.98. The second-order valence-corrected chi connectivity index (χ2v) is 10.1. The van der Waals surface area contributed by atoms with Gasteiger partial charge < -0.3 is 0 Å². The zero-order valence-electron chi connectivity index (χ0n) is 24.6. The molecule has 7 aromatic rings. The van der Waals surface area contributed by atoms with Crippen molar-refractivity contribution in [3.63, 3.8) is 0 Å². The number of hydrogen-bond acceptors (Lipinski definition) is 7. The summed E-state index contributed by atoms with van der Waals surface area (Å²) in [5, 5.41) is 15.0. The number of aromatic nitrogens is 8. The lowest BCUT2D eigenvalue weighted by molar-refractivity contribution is 0.0983. The van der Waals surface area contributed by atoms with Crippen molar-refractivity contribution >= 4 is 38.6 Å². The Balaban J connectivity index is 0.000000115. The van der Waals surface area contributed by atoms with Crippen molar-refractivity contribution in [2.45, 2.75) is 39.2 Å². The van der Waals surface area contributed by atoms with E-state index in [4.69, 9.17) is 0 Å². The molecule has 0 bridgehead atoms. The highest BCUT2D eigenvalue weighted by Crippen LogP contribution is 2.36. The summed E-state index contributed by atoms with van der Waals surface area (Å²) in [6.45, 7) is 3.89. The molecule has 9 nitrogen and oxygen atoms in total. The van der Waals surface area contributed by atoms with Crippen molar-refractivity contribution in [3.05, 3.63) is 121 Å². The van der Waals surface area contributed by atoms with E-state index in [0.717, 1.165) is 21.9 Å². The molecular formula is C34H34N8O. The van der Waals surface area contributed by atoms with Crippen LogP contribution >= 0.6 is 0 Å². The Labute approximate surface area is 250 Å². The van der Waals surface area contributed by atoms with E-state index in [1.165, 1.54) is 29.3 Å². The average Bonchev–Trinajstić information content (AvgIpc) is 3.68. The summed E-state index contributed by atoms with van der Waals surface area (Å²) in [4.78, 5) is 24.5. The highest BCUT2D eigenvalue weighted by Gasteiger charge is 2.25. The minimum Gasteiger partial charge on any atom is -0.292 e. The fraction of sp³-hybridized carbons (Fsp3) is 0.206. The van der Waals surface area contributed by atoms with Crippen molar-refractivity contribution in [2.24, 2.45) is 7.05 Å². The number of ketones is 1. The molecule has 0 atom stereocenters. The van der Waals surface area contributed by atoms with E-state index in [0.29, 0.717) is 18.2 Å². The number of para-hydroxylation sites is 1. The second-order valence-electron chi connectivity index (χ2n) is 10.1. The van der Waals surface area contributed by atoms with Gasteiger partial charge in [0.1, 0.15) is 23.1 Å². The first kappa shape index (κ1) is 29.2. The molecule has 0 aliphatic heterocycles. The third kappa shape index (κ3) is 7.91. The fourth-order valence-electron chi connectivity index (χ4n) is 4.38. The predicted octanol–water partition coefficient (Wildman–Crippen LogP) is 6.95. The van der Waals surface area contributed by atoms with E-state index < -0.39 is 0 Å². The van der Waals surface area contributed by atoms with Crippen LogP contribution in [0.2, 0.25) is 0 Å². The zero-order chi connectivity index (χ0) is 30.0. The molecule has 1 aliphatic carbocycles. The number of carbonyl (C=O) groups excluding carboxylic acids is 1. The monoisotopic (exact) mass is 570 g/mol. The Morgan fingerprint density at radius 2 is 1.53 bits per heavy atom. The number of benzene rings is 3. The van der Waals surface area contributed by atoms with E-state index in [2.05, 4.69) is 78.3 Å². The fourth-order valence-corrected chi connectivity index (χ4v) is 4.38. The van der Waals surface area contributed by atoms with Gasteiger partial charge >= 0.3 is 0 Å². The molecular weight excluding hydrogens is 536 g/mol. The van der Waals surface area contributed by atoms with Crippen molar-refractivity contribution in [3.8, 4) is 0 Å². The Bertz CT molecular complexity index is 1890. The summed E-state index contributed by atoms with van der Waals surface area (Å²) in [7, 11) is 1.82. The topological polar surface area (TPSA) is 104 Å². The molecule has 9 heteroatoms. The van der Waals surface area contributed by atoms with E-state index >= 15 is 0 Å². The highest BCUT2D eigenvalue weighted by molar-refractivity contribution is 5.93. The molecule has 0 saturated heterocycles. The van der Waals surface area contributed by atoms with Crippen LogP contribution < -0.4 is 0 Å². The van der Waals surface area contributed by atoms with Crippen LogP contribution in [-0.4, -0.2) is 45.5 Å². The van der Waals surface area contributed by atoms with Crippen LogP contribution in [0.3, 0.4) is 0 Å². The lowest BCUT2D eigenvalue weighted by Gasteiger charge is -1.98. The van der Waals surface area contributed by atoms with E-state index in [1.807, 2.05) is 62.8 Å². The number of Topliss-reactive ketones (excluding diaryl/α,β-unsaturated/α-hetero) is 1. The van der Waals surface area contributed by atoms with Crippen LogP contribution in [0, 0.1) is 6.92 Å². The first-order chi connectivity index (χ1) is 21.0. The zero-order valence-corrected chi connectivity index (χ0v) is 24.6. The Morgan fingerprint density at radius 3 is 2.23 bits per heavy atom. The average molecular weight is 571 g/mol. The van der Waals surface area contributed by atoms with E-state index in [9.17, 15) is 4.79 Å². The first-order valence-corrected chi connectivity index (χ1v) is 14.3. The third-order valence-electron chi connectivity index (χ3n) is 6.72. The molecule has 216 valence electrons. The normalized spacial score (nSPS) is 12.0. The first-order valence-electron chi connectivity index (χ1n) is 14.3. The quantitative estimate of drug-likeness (QED) is 0.212. The SMILES string of the molecule is CCC(=O)c1ccccn1.Cc1ccc2ncncc2c1.Cn1nc2ccccc2n1.c1ccc2c(c1)cnn2C1CC1. The molecule has 1 saturated carbocycles. The Morgan fingerprint density at radius 1 is 0.814 bits per heavy atom. The molecule has 0 amide bonds. The minimum absolute atomic E-state index is 0.0978. The summed E-state index contributed by atoms with van der Waals surface area (Å²) in [6, 6.07) is 28.3. The second kappa shape index (κ2) is 14.0. The van der Waals surface area contributed by atoms with Crippen molar-refractivity contribution < 1.29 is 4.79 Å². The number of carbonyl (C=O) groups is 1. The third-order valence-corrected chi connectivity index (χ3v) is 6.72. The predicted molar refractivity (Wildman–Crippen MR) is 170 cm³/mol. The molecule has 0 radical (unpaired) electrons. The summed E-state index contributed by atoms with van der Waals surface area (Å²) in [5.41, 5.74) is 5.98. The molecule has 1 fully saturated rings. The summed E-state index contributed by atoms with van der Waals surface area (Å²) < 4.78 is 2.15. The molecule has 0 spiro atoms. The maximum absolute atomic E-state index is 11.0. The molecule has 8 rings (SSSR count). The van der Waals surface area contributed by atoms with Crippen molar-refractivity contribution in [1.82, 2.24) is 39.7 Å². The number of rotatable bonds is 3. The van der Waals surface area contributed by atoms with Crippen LogP contribution in [0.15, 0.2) is 110 Å². The van der Waals surface area contributed by atoms with Crippen LogP contribution in [0.25, 0.3) is 32.8 Å². The van der Waals surface area contributed by atoms with Crippen molar-refractivity contribution in [2.75, 3.05) is 0 Å². The number of hydrogen-bond donors (Lipinski definition) is 0. The van der Waals surface area contributed by atoms with Crippen molar-refractivity contribution in [1.29, 1.82) is 0 Å². The standard InChI is InChI=1S/C10H10N2.C9H8N2.C8H9NO.C7H7N3/c1-2-4-10-8(3-1)7-11-12(10)9-5-6-9;1-7-2-3-9-8(4-7)5-10-6-11-9;1-2-8(10)7-5-3-4-6-9-7;1-10-8-6-4-2-3-5-7(6)9-10/h1-4,7,9H,5-6H2;2-6H,1H3;3-6H,2H2,1H3;2-5H,1H3. The molecule has 1 aliphatic rings. The molecule has 3 aromatic carbocycles. The van der Waals surface area contributed by atoms with Gasteiger partial charge in [-0.3, -0.25) is 14.5 Å². The molecule has 4 heterocycles. The van der Waals surface area contributed by atoms with Gasteiger partial charge in [0.15, 0.2) is 5.78 Å². The summed E-state index contributed by atoms with van der Waals surface area (Å²) >= 11 is 0. The Kier molecular flexibility index (Phi) is 9.53. The lowest BCUT2D eigenvalue weighted by atomic mass is 10.2. The van der Waals surface area contributed by atoms with E-state index in [-0.39, 0.29) is 5.78 Å². The maximum atomic E-state index is 11.0. The van der Waals surface area contributed by atoms with Gasteiger partial charge in [0, 0.05) is 36.6 Å². The minimum atomic E-state index is 0.0978. The van der Waals surface area contributed by atoms with Crippen LogP contribution in [0.1, 0.15) is 48.3 Å². The van der Waals surface area contributed by atoms with Crippen LogP contribution in [-0.2, 0) is 7.05 Å². The number of aryl methyl sites for hydroxylation is 2. The Hall–Kier alpha value is -5.31. The highest BCUT2D eigenvalue weighted by atomic mass is 16.1. The molecule has 0 unspecified atom stereocenters. The van der Waals surface area contributed by atoms with Gasteiger partial charge in [-0.2, -0.15) is 20.1 Å². The van der Waals surface area contributed by atoms with Gasteiger partial charge in [-0.1, -0.05) is 55.0 Å². The largest absolute Gasteiger partial charge is 0.292 e. The van der Waals surface area contributed by atoms with Gasteiger partial charge in [-0.15, -0.1) is 0 Å². The smallest absolute Gasteiger partial charge is 0.180 e. The number of nitrogens with zero attached hydrogens (tertiary/aromatic N) is 8. The summed E-state index contributed by atoms with van der Waals surface area (Å²) in [5.74, 6) is 0.0978.